The summed E-state index contributed by atoms with van der Waals surface area (Å²) in [5, 5.41) is 10.1. The van der Waals surface area contributed by atoms with Gasteiger partial charge in [-0.1, -0.05) is 0 Å². The summed E-state index contributed by atoms with van der Waals surface area (Å²) in [6, 6.07) is 0. The van der Waals surface area contributed by atoms with Gasteiger partial charge in [0.2, 0.25) is 0 Å². The van der Waals surface area contributed by atoms with Gasteiger partial charge < -0.3 is 14.4 Å². The highest BCUT2D eigenvalue weighted by molar-refractivity contribution is 5.17. The van der Waals surface area contributed by atoms with Crippen LogP contribution in [0.3, 0.4) is 0 Å². The van der Waals surface area contributed by atoms with Crippen LogP contribution >= 0.6 is 0 Å². The first-order valence-corrected chi connectivity index (χ1v) is 7.44. The minimum atomic E-state index is -0.585. The second-order valence-electron chi connectivity index (χ2n) is 5.63. The molecule has 2 heterocycles. The van der Waals surface area contributed by atoms with Crippen LogP contribution in [0, 0.1) is 0 Å². The molecule has 1 aliphatic heterocycles. The second-order valence-corrected chi connectivity index (χ2v) is 5.63. The maximum absolute atomic E-state index is 12.2. The fourth-order valence-corrected chi connectivity index (χ4v) is 2.98. The molecule has 1 atom stereocenters. The quantitative estimate of drug-likeness (QED) is 0.843. The van der Waals surface area contributed by atoms with Crippen molar-refractivity contribution in [3.8, 4) is 0 Å². The number of morpholine rings is 1. The van der Waals surface area contributed by atoms with E-state index in [1.54, 1.807) is 0 Å². The summed E-state index contributed by atoms with van der Waals surface area (Å²) >= 11 is 0. The summed E-state index contributed by atoms with van der Waals surface area (Å²) in [5.41, 5.74) is 0.760. The normalized spacial score (nSPS) is 21.6. The zero-order valence-electron chi connectivity index (χ0n) is 11.7. The molecule has 0 radical (unpaired) electrons. The average molecular weight is 282 g/mol. The number of nitrogens with zero attached hydrogens (tertiary/aromatic N) is 2. The summed E-state index contributed by atoms with van der Waals surface area (Å²) in [5.74, 6) is 0.819. The van der Waals surface area contributed by atoms with E-state index in [2.05, 4.69) is 4.90 Å². The van der Waals surface area contributed by atoms with Gasteiger partial charge in [-0.25, -0.2) is 0 Å². The molecule has 1 aromatic rings. The Labute approximate surface area is 117 Å². The number of hydrogen-bond acceptors (Lipinski definition) is 5. The number of rotatable bonds is 4. The Kier molecular flexibility index (Phi) is 4.24. The molecule has 0 aromatic carbocycles. The first kappa shape index (κ1) is 13.9. The summed E-state index contributed by atoms with van der Waals surface area (Å²) < 4.78 is 12.2. The standard InChI is InChI=1S/C14H22N2O4/c17-11(9-15-5-7-19-8-6-15)10-16-14(18)12-3-1-2-4-13(12)20-16/h11,17H,1-10H2. The Morgan fingerprint density at radius 1 is 1.15 bits per heavy atom. The molecule has 6 nitrogen and oxygen atoms in total. The summed E-state index contributed by atoms with van der Waals surface area (Å²) in [7, 11) is 0. The lowest BCUT2D eigenvalue weighted by Gasteiger charge is -2.28. The van der Waals surface area contributed by atoms with Crippen molar-refractivity contribution in [3.05, 3.63) is 21.7 Å². The van der Waals surface area contributed by atoms with Gasteiger partial charge in [0.1, 0.15) is 5.76 Å². The molecule has 1 aliphatic carbocycles. The van der Waals surface area contributed by atoms with Crippen LogP contribution < -0.4 is 5.56 Å². The Morgan fingerprint density at radius 2 is 1.90 bits per heavy atom. The molecule has 1 saturated heterocycles. The van der Waals surface area contributed by atoms with Crippen molar-refractivity contribution in [3.63, 3.8) is 0 Å². The number of aryl methyl sites for hydroxylation is 1. The molecule has 6 heteroatoms. The fourth-order valence-electron chi connectivity index (χ4n) is 2.98. The van der Waals surface area contributed by atoms with Crippen molar-refractivity contribution >= 4 is 0 Å². The Hall–Kier alpha value is -1.11. The molecule has 1 fully saturated rings. The van der Waals surface area contributed by atoms with E-state index in [9.17, 15) is 9.90 Å². The summed E-state index contributed by atoms with van der Waals surface area (Å²) in [4.78, 5) is 14.3. The molecule has 0 saturated carbocycles. The van der Waals surface area contributed by atoms with Crippen molar-refractivity contribution in [2.24, 2.45) is 0 Å². The molecule has 0 bridgehead atoms. The Bertz CT molecular complexity index is 502. The van der Waals surface area contributed by atoms with Gasteiger partial charge in [0.25, 0.3) is 5.56 Å². The van der Waals surface area contributed by atoms with Gasteiger partial charge in [-0.3, -0.25) is 9.69 Å². The lowest BCUT2D eigenvalue weighted by atomic mass is 9.99. The van der Waals surface area contributed by atoms with E-state index in [4.69, 9.17) is 9.26 Å². The molecule has 20 heavy (non-hydrogen) atoms. The molecule has 1 N–H and O–H groups in total. The first-order chi connectivity index (χ1) is 9.74. The van der Waals surface area contributed by atoms with Crippen molar-refractivity contribution in [1.82, 2.24) is 9.64 Å². The van der Waals surface area contributed by atoms with E-state index in [1.165, 1.54) is 4.74 Å². The van der Waals surface area contributed by atoms with E-state index in [-0.39, 0.29) is 12.1 Å². The van der Waals surface area contributed by atoms with Crippen LogP contribution in [-0.4, -0.2) is 53.7 Å². The van der Waals surface area contributed by atoms with E-state index in [1.807, 2.05) is 0 Å². The number of fused-ring (bicyclic) bond motifs is 1. The Balaban J connectivity index is 1.62. The van der Waals surface area contributed by atoms with Crippen molar-refractivity contribution in [2.45, 2.75) is 38.3 Å². The number of hydrogen-bond donors (Lipinski definition) is 1. The van der Waals surface area contributed by atoms with Crippen LogP contribution in [0.15, 0.2) is 9.32 Å². The van der Waals surface area contributed by atoms with Crippen LogP contribution in [0.2, 0.25) is 0 Å². The fraction of sp³-hybridized carbons (Fsp3) is 0.786. The van der Waals surface area contributed by atoms with Crippen molar-refractivity contribution < 1.29 is 14.4 Å². The van der Waals surface area contributed by atoms with Crippen LogP contribution in [0.25, 0.3) is 0 Å². The molecule has 1 aromatic heterocycles. The Morgan fingerprint density at radius 3 is 2.65 bits per heavy atom. The van der Waals surface area contributed by atoms with Gasteiger partial charge in [0.05, 0.1) is 31.4 Å². The van der Waals surface area contributed by atoms with E-state index < -0.39 is 6.10 Å². The van der Waals surface area contributed by atoms with Crippen molar-refractivity contribution in [1.29, 1.82) is 0 Å². The van der Waals surface area contributed by atoms with E-state index in [0.29, 0.717) is 19.8 Å². The van der Waals surface area contributed by atoms with Crippen LogP contribution in [0.4, 0.5) is 0 Å². The van der Waals surface area contributed by atoms with Gasteiger partial charge >= 0.3 is 0 Å². The van der Waals surface area contributed by atoms with Gasteiger partial charge in [-0.15, -0.1) is 0 Å². The molecule has 1 unspecified atom stereocenters. The highest BCUT2D eigenvalue weighted by Crippen LogP contribution is 2.18. The molecule has 0 spiro atoms. The minimum absolute atomic E-state index is 0.0549. The maximum atomic E-state index is 12.2. The predicted molar refractivity (Wildman–Crippen MR) is 72.9 cm³/mol. The molecule has 3 rings (SSSR count). The number of ether oxygens (including phenoxy) is 1. The zero-order valence-corrected chi connectivity index (χ0v) is 11.7. The predicted octanol–water partition coefficient (Wildman–Crippen LogP) is 0.0132. The summed E-state index contributed by atoms with van der Waals surface area (Å²) in [6.07, 6.45) is 3.20. The van der Waals surface area contributed by atoms with Gasteiger partial charge in [-0.2, -0.15) is 4.74 Å². The minimum Gasteiger partial charge on any atom is -0.390 e. The van der Waals surface area contributed by atoms with Crippen LogP contribution in [0.1, 0.15) is 24.2 Å². The van der Waals surface area contributed by atoms with Gasteiger partial charge in [-0.05, 0) is 19.3 Å². The lowest BCUT2D eigenvalue weighted by molar-refractivity contribution is 0.00553. The maximum Gasteiger partial charge on any atom is 0.285 e. The van der Waals surface area contributed by atoms with Gasteiger partial charge in [0.15, 0.2) is 0 Å². The second kappa shape index (κ2) is 6.11. The largest absolute Gasteiger partial charge is 0.390 e. The highest BCUT2D eigenvalue weighted by Gasteiger charge is 2.22. The molecular formula is C14H22N2O4. The molecule has 2 aliphatic rings. The SMILES string of the molecule is O=c1c2c(on1CC(O)CN1CCOCC1)CCCC2. The van der Waals surface area contributed by atoms with Gasteiger partial charge in [0, 0.05) is 26.1 Å². The number of aliphatic hydroxyl groups excluding tert-OH is 1. The smallest absolute Gasteiger partial charge is 0.285 e. The molecular weight excluding hydrogens is 260 g/mol. The molecule has 112 valence electrons. The number of β-amino-alcohol motifs (C(OH)–C–C–N with tert-alkyl or cyclic N) is 1. The van der Waals surface area contributed by atoms with E-state index >= 15 is 0 Å². The number of aliphatic hydroxyl groups is 1. The van der Waals surface area contributed by atoms with Crippen LogP contribution in [-0.2, 0) is 24.1 Å². The van der Waals surface area contributed by atoms with Crippen LogP contribution in [0.5, 0.6) is 0 Å². The average Bonchev–Trinajstić information content (AvgIpc) is 2.77. The summed E-state index contributed by atoms with van der Waals surface area (Å²) in [6.45, 7) is 3.88. The molecule has 0 amide bonds. The zero-order chi connectivity index (χ0) is 13.9. The third kappa shape index (κ3) is 2.97. The number of aromatic nitrogens is 1. The topological polar surface area (TPSA) is 67.8 Å². The third-order valence-electron chi connectivity index (χ3n) is 4.07. The van der Waals surface area contributed by atoms with Crippen molar-refractivity contribution in [2.75, 3.05) is 32.8 Å². The highest BCUT2D eigenvalue weighted by atomic mass is 16.5. The lowest BCUT2D eigenvalue weighted by Crippen LogP contribution is -2.42. The first-order valence-electron chi connectivity index (χ1n) is 7.44. The third-order valence-corrected chi connectivity index (χ3v) is 4.07. The monoisotopic (exact) mass is 282 g/mol. The van der Waals surface area contributed by atoms with E-state index in [0.717, 1.165) is 50.1 Å².